The summed E-state index contributed by atoms with van der Waals surface area (Å²) in [6.07, 6.45) is 1.84. The lowest BCUT2D eigenvalue weighted by Gasteiger charge is -2.05. The van der Waals surface area contributed by atoms with Gasteiger partial charge in [-0.2, -0.15) is 5.10 Å². The van der Waals surface area contributed by atoms with Crippen molar-refractivity contribution in [3.05, 3.63) is 46.7 Å². The molecule has 90 valence electrons. The third-order valence-electron chi connectivity index (χ3n) is 2.59. The molecule has 0 aliphatic carbocycles. The molecule has 4 heteroatoms. The third kappa shape index (κ3) is 2.87. The molecule has 3 nitrogen and oxygen atoms in total. The monoisotopic (exact) mass is 249 g/mol. The Morgan fingerprint density at radius 1 is 1.41 bits per heavy atom. The van der Waals surface area contributed by atoms with Crippen LogP contribution in [0.5, 0.6) is 0 Å². The minimum Gasteiger partial charge on any atom is -0.313 e. The predicted octanol–water partition coefficient (Wildman–Crippen LogP) is 2.94. The zero-order chi connectivity index (χ0) is 12.3. The van der Waals surface area contributed by atoms with Crippen molar-refractivity contribution in [3.8, 4) is 5.69 Å². The van der Waals surface area contributed by atoms with Crippen molar-refractivity contribution in [2.45, 2.75) is 20.4 Å². The largest absolute Gasteiger partial charge is 0.313 e. The molecular weight excluding hydrogens is 234 g/mol. The maximum atomic E-state index is 6.01. The zero-order valence-corrected chi connectivity index (χ0v) is 10.8. The molecule has 2 aromatic rings. The van der Waals surface area contributed by atoms with Crippen molar-refractivity contribution in [2.75, 3.05) is 6.54 Å². The fraction of sp³-hybridized carbons (Fsp3) is 0.308. The maximum absolute atomic E-state index is 6.01. The van der Waals surface area contributed by atoms with Crippen molar-refractivity contribution >= 4 is 11.6 Å². The van der Waals surface area contributed by atoms with E-state index >= 15 is 0 Å². The Bertz CT molecular complexity index is 486. The van der Waals surface area contributed by atoms with Crippen LogP contribution in [0.2, 0.25) is 5.02 Å². The number of hydrogen-bond donors (Lipinski definition) is 1. The molecule has 0 bridgehead atoms. The summed E-state index contributed by atoms with van der Waals surface area (Å²) in [4.78, 5) is 0. The molecule has 0 radical (unpaired) electrons. The second-order valence-electron chi connectivity index (χ2n) is 3.96. The first-order valence-corrected chi connectivity index (χ1v) is 6.10. The van der Waals surface area contributed by atoms with E-state index < -0.39 is 0 Å². The van der Waals surface area contributed by atoms with Crippen molar-refractivity contribution < 1.29 is 0 Å². The molecule has 0 unspecified atom stereocenters. The first kappa shape index (κ1) is 12.1. The summed E-state index contributed by atoms with van der Waals surface area (Å²) in [6, 6.07) is 8.28. The summed E-state index contributed by atoms with van der Waals surface area (Å²) in [7, 11) is 0. The Labute approximate surface area is 106 Å². The van der Waals surface area contributed by atoms with Crippen LogP contribution in [0.1, 0.15) is 18.2 Å². The maximum Gasteiger partial charge on any atom is 0.0819 e. The highest BCUT2D eigenvalue weighted by molar-refractivity contribution is 6.31. The number of nitrogens with one attached hydrogen (secondary N) is 1. The minimum atomic E-state index is 0.696. The first-order valence-electron chi connectivity index (χ1n) is 5.72. The van der Waals surface area contributed by atoms with Crippen LogP contribution >= 0.6 is 11.6 Å². The van der Waals surface area contributed by atoms with Crippen molar-refractivity contribution in [1.82, 2.24) is 15.1 Å². The molecule has 0 aliphatic heterocycles. The van der Waals surface area contributed by atoms with Crippen molar-refractivity contribution in [3.63, 3.8) is 0 Å². The van der Waals surface area contributed by atoms with E-state index in [1.165, 1.54) is 5.56 Å². The molecule has 0 saturated heterocycles. The Morgan fingerprint density at radius 3 is 2.88 bits per heavy atom. The van der Waals surface area contributed by atoms with E-state index in [1.54, 1.807) is 0 Å². The van der Waals surface area contributed by atoms with Gasteiger partial charge < -0.3 is 5.32 Å². The Kier molecular flexibility index (Phi) is 3.82. The molecule has 0 saturated carbocycles. The fourth-order valence-electron chi connectivity index (χ4n) is 1.65. The van der Waals surface area contributed by atoms with Crippen molar-refractivity contribution in [1.29, 1.82) is 0 Å². The van der Waals surface area contributed by atoms with E-state index in [-0.39, 0.29) is 0 Å². The molecule has 0 amide bonds. The average molecular weight is 250 g/mol. The number of aromatic nitrogens is 2. The summed E-state index contributed by atoms with van der Waals surface area (Å²) in [6.45, 7) is 5.84. The van der Waals surface area contributed by atoms with Gasteiger partial charge >= 0.3 is 0 Å². The molecule has 1 aromatic heterocycles. The molecule has 2 rings (SSSR count). The SMILES string of the molecule is CCNCc1cccc(-n2cc(Cl)c(C)n2)c1. The van der Waals surface area contributed by atoms with Crippen LogP contribution in [-0.2, 0) is 6.54 Å². The number of nitrogens with zero attached hydrogens (tertiary/aromatic N) is 2. The molecule has 1 aromatic carbocycles. The average Bonchev–Trinajstić information content (AvgIpc) is 2.68. The van der Waals surface area contributed by atoms with Gasteiger partial charge in [-0.15, -0.1) is 0 Å². The van der Waals surface area contributed by atoms with E-state index in [9.17, 15) is 0 Å². The summed E-state index contributed by atoms with van der Waals surface area (Å²) in [5, 5.41) is 8.37. The zero-order valence-electron chi connectivity index (χ0n) is 10.1. The van der Waals surface area contributed by atoms with Crippen LogP contribution in [0.4, 0.5) is 0 Å². The number of rotatable bonds is 4. The van der Waals surface area contributed by atoms with Gasteiger partial charge in [0.1, 0.15) is 0 Å². The topological polar surface area (TPSA) is 29.9 Å². The highest BCUT2D eigenvalue weighted by Gasteiger charge is 2.04. The Morgan fingerprint density at radius 2 is 2.24 bits per heavy atom. The summed E-state index contributed by atoms with van der Waals surface area (Å²) in [5.41, 5.74) is 3.13. The van der Waals surface area contributed by atoms with E-state index in [0.29, 0.717) is 5.02 Å². The third-order valence-corrected chi connectivity index (χ3v) is 2.96. The lowest BCUT2D eigenvalue weighted by Crippen LogP contribution is -2.11. The number of benzene rings is 1. The molecule has 1 N–H and O–H groups in total. The van der Waals surface area contributed by atoms with Gasteiger partial charge in [0.25, 0.3) is 0 Å². The van der Waals surface area contributed by atoms with Crippen LogP contribution in [0.15, 0.2) is 30.5 Å². The number of aryl methyl sites for hydroxylation is 1. The first-order chi connectivity index (χ1) is 8.20. The summed E-state index contributed by atoms with van der Waals surface area (Å²) in [5.74, 6) is 0. The standard InChI is InChI=1S/C13H16ClN3/c1-3-15-8-11-5-4-6-12(7-11)17-9-13(14)10(2)16-17/h4-7,9,15H,3,8H2,1-2H3. The van der Waals surface area contributed by atoms with Gasteiger partial charge in [-0.25, -0.2) is 4.68 Å². The lowest BCUT2D eigenvalue weighted by molar-refractivity contribution is 0.725. The normalized spacial score (nSPS) is 10.8. The lowest BCUT2D eigenvalue weighted by atomic mass is 10.2. The van der Waals surface area contributed by atoms with E-state index in [0.717, 1.165) is 24.5 Å². The van der Waals surface area contributed by atoms with Gasteiger partial charge in [-0.1, -0.05) is 30.7 Å². The molecule has 0 aliphatic rings. The van der Waals surface area contributed by atoms with Crippen LogP contribution < -0.4 is 5.32 Å². The van der Waals surface area contributed by atoms with Gasteiger partial charge in [0.05, 0.1) is 16.4 Å². The van der Waals surface area contributed by atoms with Crippen LogP contribution in [0.3, 0.4) is 0 Å². The van der Waals surface area contributed by atoms with Crippen LogP contribution in [-0.4, -0.2) is 16.3 Å². The molecular formula is C13H16ClN3. The minimum absolute atomic E-state index is 0.696. The molecule has 0 spiro atoms. The van der Waals surface area contributed by atoms with Crippen LogP contribution in [0.25, 0.3) is 5.69 Å². The number of halogens is 1. The second-order valence-corrected chi connectivity index (χ2v) is 4.36. The van der Waals surface area contributed by atoms with Gasteiger partial charge in [-0.3, -0.25) is 0 Å². The Balaban J connectivity index is 2.26. The molecule has 0 atom stereocenters. The molecule has 1 heterocycles. The van der Waals surface area contributed by atoms with Crippen molar-refractivity contribution in [2.24, 2.45) is 0 Å². The Hall–Kier alpha value is -1.32. The van der Waals surface area contributed by atoms with E-state index in [2.05, 4.69) is 29.5 Å². The molecule has 17 heavy (non-hydrogen) atoms. The number of hydrogen-bond acceptors (Lipinski definition) is 2. The second kappa shape index (κ2) is 5.34. The van der Waals surface area contributed by atoms with Gasteiger partial charge in [-0.05, 0) is 31.2 Å². The van der Waals surface area contributed by atoms with Gasteiger partial charge in [0.2, 0.25) is 0 Å². The smallest absolute Gasteiger partial charge is 0.0819 e. The van der Waals surface area contributed by atoms with Gasteiger partial charge in [0.15, 0.2) is 0 Å². The summed E-state index contributed by atoms with van der Waals surface area (Å²) >= 11 is 6.01. The fourth-order valence-corrected chi connectivity index (χ4v) is 1.78. The van der Waals surface area contributed by atoms with E-state index in [1.807, 2.05) is 29.9 Å². The highest BCUT2D eigenvalue weighted by atomic mass is 35.5. The van der Waals surface area contributed by atoms with E-state index in [4.69, 9.17) is 11.6 Å². The highest BCUT2D eigenvalue weighted by Crippen LogP contribution is 2.17. The quantitative estimate of drug-likeness (QED) is 0.903. The summed E-state index contributed by atoms with van der Waals surface area (Å²) < 4.78 is 1.81. The molecule has 0 fully saturated rings. The predicted molar refractivity (Wildman–Crippen MR) is 70.7 cm³/mol. The van der Waals surface area contributed by atoms with Crippen LogP contribution in [0, 0.1) is 6.92 Å². The van der Waals surface area contributed by atoms with Gasteiger partial charge in [0, 0.05) is 12.7 Å².